The highest BCUT2D eigenvalue weighted by molar-refractivity contribution is 7.56. The Labute approximate surface area is 136 Å². The van der Waals surface area contributed by atoms with Crippen LogP contribution in [0.3, 0.4) is 0 Å². The van der Waals surface area contributed by atoms with Crippen molar-refractivity contribution in [1.29, 1.82) is 0 Å². The Kier molecular flexibility index (Phi) is 6.44. The first-order valence-electron chi connectivity index (χ1n) is 7.96. The van der Waals surface area contributed by atoms with Crippen LogP contribution in [0.25, 0.3) is 0 Å². The molecule has 1 aromatic carbocycles. The topological polar surface area (TPSA) is 3.24 Å². The second-order valence-corrected chi connectivity index (χ2v) is 22.3. The monoisotopic (exact) mass is 339 g/mol. The lowest BCUT2D eigenvalue weighted by Crippen LogP contribution is -2.52. The molecule has 1 nitrogen and oxygen atoms in total. The molecular formula is C17H34NPSi2. The van der Waals surface area contributed by atoms with Gasteiger partial charge in [0, 0.05) is 22.2 Å². The predicted molar refractivity (Wildman–Crippen MR) is 107 cm³/mol. The third-order valence-electron chi connectivity index (χ3n) is 4.22. The maximum atomic E-state index is 2.56. The molecular weight excluding hydrogens is 305 g/mol. The van der Waals surface area contributed by atoms with Gasteiger partial charge < -0.3 is 4.90 Å². The van der Waals surface area contributed by atoms with Crippen molar-refractivity contribution in [3.05, 3.63) is 29.8 Å². The van der Waals surface area contributed by atoms with E-state index < -0.39 is 16.1 Å². The van der Waals surface area contributed by atoms with Gasteiger partial charge in [0.15, 0.2) is 0 Å². The molecule has 0 aromatic heterocycles. The third kappa shape index (κ3) is 5.31. The van der Waals surface area contributed by atoms with Gasteiger partial charge >= 0.3 is 0 Å². The quantitative estimate of drug-likeness (QED) is 0.534. The van der Waals surface area contributed by atoms with Crippen LogP contribution < -0.4 is 5.30 Å². The highest BCUT2D eigenvalue weighted by Crippen LogP contribution is 2.36. The van der Waals surface area contributed by atoms with Crippen molar-refractivity contribution < 1.29 is 0 Å². The molecule has 0 fully saturated rings. The summed E-state index contributed by atoms with van der Waals surface area (Å²) in [4.78, 5) is 3.28. The number of nitrogens with zero attached hydrogens (tertiary/aromatic N) is 1. The summed E-state index contributed by atoms with van der Waals surface area (Å²) < 4.78 is 0. The minimum absolute atomic E-state index is 0.498. The fourth-order valence-electron chi connectivity index (χ4n) is 3.16. The number of benzene rings is 1. The Hall–Kier alpha value is 0.0438. The molecule has 1 aromatic rings. The van der Waals surface area contributed by atoms with Crippen LogP contribution in [0, 0.1) is 0 Å². The fourth-order valence-corrected chi connectivity index (χ4v) is 18.9. The second kappa shape index (κ2) is 7.08. The maximum Gasteiger partial charge on any atom is 0.0492 e. The number of hydrogen-bond acceptors (Lipinski definition) is 1. The molecule has 0 heterocycles. The van der Waals surface area contributed by atoms with E-state index in [1.54, 1.807) is 5.30 Å². The van der Waals surface area contributed by atoms with Gasteiger partial charge in [-0.3, -0.25) is 0 Å². The minimum Gasteiger partial charge on any atom is -0.303 e. The van der Waals surface area contributed by atoms with Crippen molar-refractivity contribution in [3.8, 4) is 0 Å². The summed E-state index contributed by atoms with van der Waals surface area (Å²) in [6.07, 6.45) is 0. The molecule has 0 saturated carbocycles. The average Bonchev–Trinajstić information content (AvgIpc) is 2.32. The maximum absolute atomic E-state index is 2.56. The minimum atomic E-state index is -1.13. The van der Waals surface area contributed by atoms with Crippen molar-refractivity contribution in [2.75, 3.05) is 14.1 Å². The summed E-state index contributed by atoms with van der Waals surface area (Å²) in [6.45, 7) is 17.7. The van der Waals surface area contributed by atoms with E-state index in [-0.39, 0.29) is 0 Å². The third-order valence-corrected chi connectivity index (χ3v) is 20.0. The normalized spacial score (nSPS) is 15.4. The molecule has 0 aliphatic rings. The lowest BCUT2D eigenvalue weighted by Gasteiger charge is -2.39. The Morgan fingerprint density at radius 1 is 0.905 bits per heavy atom. The summed E-state index contributed by atoms with van der Waals surface area (Å²) in [5.74, 6) is 0. The van der Waals surface area contributed by atoms with Gasteiger partial charge in [-0.2, -0.15) is 0 Å². The van der Waals surface area contributed by atoms with E-state index in [0.717, 1.165) is 13.5 Å². The summed E-state index contributed by atoms with van der Waals surface area (Å²) >= 11 is 0. The smallest absolute Gasteiger partial charge is 0.0492 e. The highest BCUT2D eigenvalue weighted by atomic mass is 31.1. The first kappa shape index (κ1) is 19.1. The first-order chi connectivity index (χ1) is 9.44. The van der Waals surface area contributed by atoms with Gasteiger partial charge in [0.05, 0.1) is 0 Å². The van der Waals surface area contributed by atoms with Gasteiger partial charge in [0.25, 0.3) is 0 Å². The predicted octanol–water partition coefficient (Wildman–Crippen LogP) is 4.74. The van der Waals surface area contributed by atoms with E-state index in [2.05, 4.69) is 89.5 Å². The van der Waals surface area contributed by atoms with Gasteiger partial charge in [0.2, 0.25) is 0 Å². The van der Waals surface area contributed by atoms with Crippen LogP contribution in [-0.4, -0.2) is 40.0 Å². The molecule has 0 spiro atoms. The largest absolute Gasteiger partial charge is 0.303 e. The molecule has 0 N–H and O–H groups in total. The van der Waals surface area contributed by atoms with E-state index in [4.69, 9.17) is 0 Å². The second-order valence-electron chi connectivity index (χ2n) is 8.54. The van der Waals surface area contributed by atoms with Crippen LogP contribution in [0.1, 0.15) is 18.5 Å². The van der Waals surface area contributed by atoms with Crippen LogP contribution in [0.2, 0.25) is 39.3 Å². The number of rotatable bonds is 6. The molecule has 0 aliphatic carbocycles. The first-order valence-corrected chi connectivity index (χ1v) is 16.2. The zero-order valence-electron chi connectivity index (χ0n) is 15.4. The molecule has 1 rings (SSSR count). The summed E-state index contributed by atoms with van der Waals surface area (Å²) in [5.41, 5.74) is 1.53. The van der Waals surface area contributed by atoms with E-state index in [1.165, 1.54) is 5.56 Å². The van der Waals surface area contributed by atoms with E-state index in [1.807, 2.05) is 0 Å². The Balaban J connectivity index is 3.17. The molecule has 4 heteroatoms. The fraction of sp³-hybridized carbons (Fsp3) is 0.647. The molecule has 0 radical (unpaired) electrons. The Morgan fingerprint density at radius 3 is 1.81 bits per heavy atom. The molecule has 0 bridgehead atoms. The molecule has 21 heavy (non-hydrogen) atoms. The lowest BCUT2D eigenvalue weighted by atomic mass is 10.1. The average molecular weight is 340 g/mol. The van der Waals surface area contributed by atoms with Gasteiger partial charge in [-0.25, -0.2) is 0 Å². The zero-order valence-corrected chi connectivity index (χ0v) is 18.4. The standard InChI is InChI=1S/C17H34NPSi2/c1-14(18(2)3)15-12-10-11-13-16(15)19-17(20(4,5)6)21(7,8)9/h10-14,17,19H,1-9H3/t14-/m1/s1. The summed E-state index contributed by atoms with van der Waals surface area (Å²) in [7, 11) is 3.08. The van der Waals surface area contributed by atoms with Crippen LogP contribution >= 0.6 is 8.58 Å². The Morgan fingerprint density at radius 2 is 1.38 bits per heavy atom. The van der Waals surface area contributed by atoms with Gasteiger partial charge in [-0.05, 0) is 36.8 Å². The zero-order chi connectivity index (χ0) is 16.4. The Bertz CT molecular complexity index is 447. The van der Waals surface area contributed by atoms with Gasteiger partial charge in [0.1, 0.15) is 0 Å². The summed E-state index contributed by atoms with van der Waals surface area (Å²) in [6, 6.07) is 9.62. The lowest BCUT2D eigenvalue weighted by molar-refractivity contribution is 0.322. The van der Waals surface area contributed by atoms with E-state index in [0.29, 0.717) is 6.04 Å². The van der Waals surface area contributed by atoms with Crippen molar-refractivity contribution in [2.24, 2.45) is 0 Å². The van der Waals surface area contributed by atoms with Crippen molar-refractivity contribution in [1.82, 2.24) is 4.90 Å². The van der Waals surface area contributed by atoms with Crippen molar-refractivity contribution in [2.45, 2.75) is 57.2 Å². The van der Waals surface area contributed by atoms with Crippen molar-refractivity contribution in [3.63, 3.8) is 0 Å². The van der Waals surface area contributed by atoms with Gasteiger partial charge in [-0.15, -0.1) is 0 Å². The molecule has 0 amide bonds. The summed E-state index contributed by atoms with van der Waals surface area (Å²) in [5, 5.41) is 1.61. The highest BCUT2D eigenvalue weighted by Gasteiger charge is 2.37. The van der Waals surface area contributed by atoms with Crippen LogP contribution in [0.5, 0.6) is 0 Å². The molecule has 0 saturated heterocycles. The van der Waals surface area contributed by atoms with E-state index in [9.17, 15) is 0 Å². The van der Waals surface area contributed by atoms with Crippen molar-refractivity contribution >= 4 is 30.0 Å². The molecule has 2 atom stereocenters. The van der Waals surface area contributed by atoms with Crippen LogP contribution in [-0.2, 0) is 0 Å². The molecule has 1 unspecified atom stereocenters. The van der Waals surface area contributed by atoms with Crippen LogP contribution in [0.4, 0.5) is 0 Å². The van der Waals surface area contributed by atoms with Gasteiger partial charge in [-0.1, -0.05) is 72.1 Å². The molecule has 0 aliphatic heterocycles. The molecule has 120 valence electrons. The number of hydrogen-bond donors (Lipinski definition) is 0. The van der Waals surface area contributed by atoms with Crippen LogP contribution in [0.15, 0.2) is 24.3 Å². The SMILES string of the molecule is C[C@H](c1ccccc1PC([Si](C)(C)C)[Si](C)(C)C)N(C)C. The van der Waals surface area contributed by atoms with E-state index >= 15 is 0 Å².